The Morgan fingerprint density at radius 2 is 1.80 bits per heavy atom. The van der Waals surface area contributed by atoms with Gasteiger partial charge in [0.05, 0.1) is 5.49 Å². The molecule has 0 N–H and O–H groups in total. The molecule has 0 bridgehead atoms. The van der Waals surface area contributed by atoms with E-state index in [1.54, 1.807) is 5.49 Å². The molecule has 0 rings (SSSR count). The number of nitrogens with zero attached hydrogens (tertiary/aromatic N) is 1. The van der Waals surface area contributed by atoms with Crippen LogP contribution < -0.4 is 0 Å². The van der Waals surface area contributed by atoms with Crippen molar-refractivity contribution in [1.29, 1.82) is 0 Å². The Morgan fingerprint density at radius 3 is 1.90 bits per heavy atom. The Hall–Kier alpha value is -0.110. The van der Waals surface area contributed by atoms with E-state index in [4.69, 9.17) is 12.2 Å². The molecule has 0 amide bonds. The third-order valence-corrected chi connectivity index (χ3v) is 2.85. The van der Waals surface area contributed by atoms with Gasteiger partial charge in [-0.05, 0) is 19.8 Å². The van der Waals surface area contributed by atoms with E-state index in [2.05, 4.69) is 25.7 Å². The molecule has 0 aromatic rings. The van der Waals surface area contributed by atoms with E-state index in [-0.39, 0.29) is 5.54 Å². The minimum absolute atomic E-state index is 0.266. The van der Waals surface area contributed by atoms with Crippen LogP contribution in [0.15, 0.2) is 0 Å². The molecule has 60 valence electrons. The summed E-state index contributed by atoms with van der Waals surface area (Å²) in [5, 5.41) is 0. The maximum absolute atomic E-state index is 4.86. The summed E-state index contributed by atoms with van der Waals surface area (Å²) in [5.74, 6) is 0. The summed E-state index contributed by atoms with van der Waals surface area (Å²) in [4.78, 5) is 2.11. The van der Waals surface area contributed by atoms with E-state index in [0.717, 1.165) is 12.8 Å². The van der Waals surface area contributed by atoms with Crippen molar-refractivity contribution in [2.24, 2.45) is 0 Å². The van der Waals surface area contributed by atoms with Crippen LogP contribution in [0, 0.1) is 0 Å². The highest BCUT2D eigenvalue weighted by molar-refractivity contribution is 7.78. The van der Waals surface area contributed by atoms with Crippen LogP contribution in [-0.2, 0) is 0 Å². The third-order valence-electron chi connectivity index (χ3n) is 2.53. The number of hydrogen-bond acceptors (Lipinski definition) is 1. The van der Waals surface area contributed by atoms with Crippen molar-refractivity contribution >= 4 is 17.7 Å². The van der Waals surface area contributed by atoms with Crippen LogP contribution in [0.4, 0.5) is 0 Å². The van der Waals surface area contributed by atoms with Crippen molar-refractivity contribution in [3.63, 3.8) is 0 Å². The van der Waals surface area contributed by atoms with Crippen molar-refractivity contribution in [2.45, 2.75) is 39.2 Å². The lowest BCUT2D eigenvalue weighted by Gasteiger charge is -2.35. The second kappa shape index (κ2) is 3.91. The predicted octanol–water partition coefficient (Wildman–Crippen LogP) is 2.45. The molecule has 0 saturated carbocycles. The minimum atomic E-state index is 0.266. The standard InChI is InChI=1S/C8H17NS/c1-5-8(3,6-2)9(4)7-10/h7H,5-6H2,1-4H3. The van der Waals surface area contributed by atoms with Crippen LogP contribution in [0.3, 0.4) is 0 Å². The minimum Gasteiger partial charge on any atom is -0.366 e. The van der Waals surface area contributed by atoms with Gasteiger partial charge in [-0.2, -0.15) is 0 Å². The number of thiocarbonyl (C=S) groups is 1. The summed E-state index contributed by atoms with van der Waals surface area (Å²) in [7, 11) is 2.04. The average molecular weight is 159 g/mol. The zero-order valence-corrected chi connectivity index (χ0v) is 8.16. The quantitative estimate of drug-likeness (QED) is 0.580. The second-order valence-electron chi connectivity index (χ2n) is 2.92. The summed E-state index contributed by atoms with van der Waals surface area (Å²) in [6.45, 7) is 6.62. The highest BCUT2D eigenvalue weighted by Crippen LogP contribution is 2.19. The second-order valence-corrected chi connectivity index (χ2v) is 3.13. The predicted molar refractivity (Wildman–Crippen MR) is 50.4 cm³/mol. The zero-order valence-electron chi connectivity index (χ0n) is 7.35. The van der Waals surface area contributed by atoms with Gasteiger partial charge in [-0.1, -0.05) is 26.1 Å². The fourth-order valence-electron chi connectivity index (χ4n) is 0.876. The van der Waals surface area contributed by atoms with Crippen molar-refractivity contribution in [2.75, 3.05) is 7.05 Å². The van der Waals surface area contributed by atoms with Crippen molar-refractivity contribution < 1.29 is 0 Å². The molecule has 0 saturated heterocycles. The lowest BCUT2D eigenvalue weighted by molar-refractivity contribution is 0.222. The number of hydrogen-bond donors (Lipinski definition) is 0. The molecule has 2 heteroatoms. The van der Waals surface area contributed by atoms with Crippen LogP contribution in [0.2, 0.25) is 0 Å². The SMILES string of the molecule is CCC(C)(CC)N(C)C=S. The van der Waals surface area contributed by atoms with E-state index in [1.165, 1.54) is 0 Å². The van der Waals surface area contributed by atoms with Crippen molar-refractivity contribution in [1.82, 2.24) is 4.90 Å². The lowest BCUT2D eigenvalue weighted by atomic mass is 9.94. The van der Waals surface area contributed by atoms with E-state index >= 15 is 0 Å². The Bertz CT molecular complexity index is 108. The van der Waals surface area contributed by atoms with Gasteiger partial charge in [0.25, 0.3) is 0 Å². The van der Waals surface area contributed by atoms with Gasteiger partial charge in [0.2, 0.25) is 0 Å². The van der Waals surface area contributed by atoms with Crippen LogP contribution >= 0.6 is 12.2 Å². The van der Waals surface area contributed by atoms with Gasteiger partial charge in [0, 0.05) is 12.6 Å². The monoisotopic (exact) mass is 159 g/mol. The number of rotatable bonds is 4. The molecule has 10 heavy (non-hydrogen) atoms. The maximum Gasteiger partial charge on any atom is 0.0642 e. The smallest absolute Gasteiger partial charge is 0.0642 e. The molecule has 0 heterocycles. The molecular weight excluding hydrogens is 142 g/mol. The van der Waals surface area contributed by atoms with Crippen LogP contribution in [0.1, 0.15) is 33.6 Å². The molecule has 0 fully saturated rings. The third kappa shape index (κ3) is 1.94. The fraction of sp³-hybridized carbons (Fsp3) is 0.875. The molecule has 0 unspecified atom stereocenters. The molecule has 0 aromatic heterocycles. The molecule has 0 aliphatic carbocycles. The highest BCUT2D eigenvalue weighted by Gasteiger charge is 2.22. The normalized spacial score (nSPS) is 11.2. The lowest BCUT2D eigenvalue weighted by Crippen LogP contribution is -2.41. The average Bonchev–Trinajstić information content (AvgIpc) is 2.01. The van der Waals surface area contributed by atoms with E-state index in [0.29, 0.717) is 0 Å². The summed E-state index contributed by atoms with van der Waals surface area (Å²) in [6.07, 6.45) is 2.29. The first-order valence-corrected chi connectivity index (χ1v) is 4.26. The maximum atomic E-state index is 4.86. The summed E-state index contributed by atoms with van der Waals surface area (Å²) in [5.41, 5.74) is 1.99. The van der Waals surface area contributed by atoms with E-state index in [9.17, 15) is 0 Å². The van der Waals surface area contributed by atoms with E-state index < -0.39 is 0 Å². The van der Waals surface area contributed by atoms with Gasteiger partial charge in [-0.25, -0.2) is 0 Å². The van der Waals surface area contributed by atoms with Crippen LogP contribution in [0.25, 0.3) is 0 Å². The van der Waals surface area contributed by atoms with Gasteiger partial charge >= 0.3 is 0 Å². The largest absolute Gasteiger partial charge is 0.366 e. The molecular formula is C8H17NS. The first kappa shape index (κ1) is 9.89. The fourth-order valence-corrected chi connectivity index (χ4v) is 1.13. The Morgan fingerprint density at radius 1 is 1.40 bits per heavy atom. The first-order valence-electron chi connectivity index (χ1n) is 3.79. The van der Waals surface area contributed by atoms with E-state index in [1.807, 2.05) is 7.05 Å². The van der Waals surface area contributed by atoms with Gasteiger partial charge in [-0.15, -0.1) is 0 Å². The molecule has 0 radical (unpaired) electrons. The van der Waals surface area contributed by atoms with Crippen LogP contribution in [-0.4, -0.2) is 23.0 Å². The Kier molecular flexibility index (Phi) is 3.87. The Labute approximate surface area is 69.4 Å². The van der Waals surface area contributed by atoms with Gasteiger partial charge in [0.1, 0.15) is 0 Å². The molecule has 0 aliphatic rings. The zero-order chi connectivity index (χ0) is 8.20. The van der Waals surface area contributed by atoms with Crippen molar-refractivity contribution in [3.8, 4) is 0 Å². The first-order chi connectivity index (χ1) is 4.60. The summed E-state index contributed by atoms with van der Waals surface area (Å²) < 4.78 is 0. The molecule has 0 atom stereocenters. The summed E-state index contributed by atoms with van der Waals surface area (Å²) >= 11 is 4.86. The highest BCUT2D eigenvalue weighted by atomic mass is 32.1. The van der Waals surface area contributed by atoms with Gasteiger partial charge in [-0.3, -0.25) is 0 Å². The van der Waals surface area contributed by atoms with Gasteiger partial charge < -0.3 is 4.90 Å². The molecule has 0 aromatic carbocycles. The van der Waals surface area contributed by atoms with Crippen LogP contribution in [0.5, 0.6) is 0 Å². The molecule has 0 spiro atoms. The molecule has 1 nitrogen and oxygen atoms in total. The summed E-state index contributed by atoms with van der Waals surface area (Å²) in [6, 6.07) is 0. The van der Waals surface area contributed by atoms with Gasteiger partial charge in [0.15, 0.2) is 0 Å². The van der Waals surface area contributed by atoms with Crippen molar-refractivity contribution in [3.05, 3.63) is 0 Å². The topological polar surface area (TPSA) is 3.24 Å². The molecule has 0 aliphatic heterocycles. The Balaban J connectivity index is 4.15.